The highest BCUT2D eigenvalue weighted by molar-refractivity contribution is 8.54. The Morgan fingerprint density at radius 1 is 1.04 bits per heavy atom. The second-order valence-electron chi connectivity index (χ2n) is 16.7. The largest absolute Gasteiger partial charge is 0.472 e. The number of imidazole rings is 2. The monoisotopic (exact) mass is 1030 g/mol. The number of hydrogen-bond acceptors (Lipinski definition) is 23. The van der Waals surface area contributed by atoms with Gasteiger partial charge in [-0.3, -0.25) is 56.7 Å². The van der Waals surface area contributed by atoms with E-state index in [0.717, 1.165) is 12.4 Å². The molecule has 4 fully saturated rings. The number of benzene rings is 1. The van der Waals surface area contributed by atoms with Crippen LogP contribution in [0.5, 0.6) is 5.75 Å². The molecule has 4 saturated heterocycles. The lowest BCUT2D eigenvalue weighted by molar-refractivity contribution is -0.386. The summed E-state index contributed by atoms with van der Waals surface area (Å²) in [5.74, 6) is -2.21. The number of anilines is 1. The fourth-order valence-corrected chi connectivity index (χ4v) is 13.0. The summed E-state index contributed by atoms with van der Waals surface area (Å²) < 4.78 is 101. The van der Waals surface area contributed by atoms with Crippen LogP contribution in [-0.4, -0.2) is 119 Å². The van der Waals surface area contributed by atoms with E-state index < -0.39 is 130 Å². The van der Waals surface area contributed by atoms with Gasteiger partial charge in [-0.05, 0) is 35.9 Å². The lowest BCUT2D eigenvalue weighted by Gasteiger charge is -2.42. The van der Waals surface area contributed by atoms with Gasteiger partial charge >= 0.3 is 26.3 Å². The Morgan fingerprint density at radius 3 is 2.57 bits per heavy atom. The van der Waals surface area contributed by atoms with Crippen molar-refractivity contribution in [2.45, 2.75) is 108 Å². The zero-order chi connectivity index (χ0) is 49.1. The van der Waals surface area contributed by atoms with Crippen LogP contribution in [0, 0.1) is 22.0 Å². The summed E-state index contributed by atoms with van der Waals surface area (Å²) in [5.41, 5.74) is 5.47. The Morgan fingerprint density at radius 2 is 1.81 bits per heavy atom. The maximum absolute atomic E-state index is 16.6. The van der Waals surface area contributed by atoms with Gasteiger partial charge in [0.15, 0.2) is 41.2 Å². The minimum atomic E-state index is -5.15. The standard InChI is InChI=1S/C38H45FN10O17P2S/c1-16-17(2)31(60-19(4)51)38(64-30(16)18(3)50)63-22-6-5-20(7-21(22)49(53)54)11-69-68(57)59-10-25-32(27(39)37(62-25)48-15-45-28-33(40)41-12-42-34(28)48)66-67(55,56)58-9-24-23(65-68)8-26(61-24)47-14-46-29-35(47)43-13-44-36(29)52/h5-7,12-17,23-27,30-33,37-38H,8-11,40H2,1-4H3,(H,41,42)(H,55,56)(H,43,44,52)/t16-,17-,23-,24+,25+,26+,27+,30?,31?,32+,33?,37+,38+,68?/m0/s1. The zero-order valence-corrected chi connectivity index (χ0v) is 39.3. The third-order valence-electron chi connectivity index (χ3n) is 12.2. The average molecular weight is 1030 g/mol. The Labute approximate surface area is 392 Å². The molecule has 15 atom stereocenters. The number of ketones is 1. The van der Waals surface area contributed by atoms with Crippen molar-refractivity contribution in [1.82, 2.24) is 29.1 Å². The molecule has 1 aromatic carbocycles. The van der Waals surface area contributed by atoms with Crippen LogP contribution in [-0.2, 0) is 61.5 Å². The number of aliphatic imine (C=N–C) groups is 1. The number of ether oxygens (including phenoxy) is 5. The van der Waals surface area contributed by atoms with Crippen molar-refractivity contribution < 1.29 is 74.7 Å². The van der Waals surface area contributed by atoms with Gasteiger partial charge in [0.25, 0.3) is 5.56 Å². The van der Waals surface area contributed by atoms with Crippen LogP contribution in [0.4, 0.5) is 15.9 Å². The van der Waals surface area contributed by atoms with E-state index in [0.29, 0.717) is 11.4 Å². The third kappa shape index (κ3) is 9.87. The molecule has 0 spiro atoms. The molecule has 5 unspecified atom stereocenters. The van der Waals surface area contributed by atoms with Gasteiger partial charge in [-0.25, -0.2) is 28.5 Å². The molecule has 372 valence electrons. The molecule has 4 aromatic rings. The number of carbonyl (C=O) groups excluding carboxylic acids is 2. The highest BCUT2D eigenvalue weighted by Crippen LogP contribution is 2.65. The fourth-order valence-electron chi connectivity index (χ4n) is 8.61. The number of phosphoric acid groups is 1. The number of nitrogens with one attached hydrogen (secondary N) is 2. The number of fused-ring (bicyclic) bond motifs is 4. The van der Waals surface area contributed by atoms with E-state index in [1.54, 1.807) is 13.8 Å². The Kier molecular flexibility index (Phi) is 13.7. The van der Waals surface area contributed by atoms with Crippen LogP contribution in [0.2, 0.25) is 0 Å². The van der Waals surface area contributed by atoms with Crippen molar-refractivity contribution in [1.29, 1.82) is 0 Å². The number of halogens is 1. The van der Waals surface area contributed by atoms with Crippen LogP contribution in [0.3, 0.4) is 0 Å². The summed E-state index contributed by atoms with van der Waals surface area (Å²) in [7, 11) is -5.15. The first kappa shape index (κ1) is 49.0. The number of nitro groups is 1. The maximum atomic E-state index is 16.6. The molecule has 0 saturated carbocycles. The molecule has 27 nitrogen and oxygen atoms in total. The number of esters is 1. The molecule has 3 aromatic heterocycles. The van der Waals surface area contributed by atoms with E-state index >= 15 is 8.96 Å². The van der Waals surface area contributed by atoms with E-state index in [1.165, 1.54) is 54.1 Å². The van der Waals surface area contributed by atoms with Crippen LogP contribution >= 0.6 is 26.0 Å². The van der Waals surface area contributed by atoms with Gasteiger partial charge in [-0.15, -0.1) is 0 Å². The number of aromatic nitrogens is 6. The second kappa shape index (κ2) is 19.3. The van der Waals surface area contributed by atoms with Crippen molar-refractivity contribution in [3.8, 4) is 5.75 Å². The van der Waals surface area contributed by atoms with Crippen molar-refractivity contribution in [3.63, 3.8) is 0 Å². The molecule has 8 heterocycles. The number of phosphoric ester groups is 1. The topological polar surface area (TPSA) is 347 Å². The molecular formula is C38H45FN10O17P2S. The Hall–Kier alpha value is -5.03. The average Bonchev–Trinajstić information content (AvgIpc) is 4.09. The summed E-state index contributed by atoms with van der Waals surface area (Å²) >= 11 is 0.588. The summed E-state index contributed by atoms with van der Waals surface area (Å²) in [5, 5.41) is 15.4. The Bertz CT molecular complexity index is 2840. The van der Waals surface area contributed by atoms with E-state index in [2.05, 4.69) is 30.2 Å². The molecule has 0 amide bonds. The quantitative estimate of drug-likeness (QED) is 0.0761. The van der Waals surface area contributed by atoms with E-state index in [4.69, 9.17) is 47.5 Å². The summed E-state index contributed by atoms with van der Waals surface area (Å²) in [6.45, 7) is -0.0798. The molecular weight excluding hydrogens is 981 g/mol. The van der Waals surface area contributed by atoms with Gasteiger partial charge < -0.3 is 44.6 Å². The van der Waals surface area contributed by atoms with Crippen molar-refractivity contribution in [2.24, 2.45) is 22.6 Å². The fraction of sp³-hybridized carbons (Fsp3) is 0.553. The number of rotatable bonds is 10. The van der Waals surface area contributed by atoms with Crippen LogP contribution in [0.25, 0.3) is 11.2 Å². The van der Waals surface area contributed by atoms with E-state index in [-0.39, 0.29) is 51.9 Å². The van der Waals surface area contributed by atoms with Crippen molar-refractivity contribution in [3.05, 3.63) is 68.9 Å². The number of nitrogens with zero attached hydrogens (tertiary/aromatic N) is 7. The van der Waals surface area contributed by atoms with Crippen LogP contribution in [0.1, 0.15) is 64.0 Å². The minimum Gasteiger partial charge on any atom is -0.456 e. The maximum Gasteiger partial charge on any atom is 0.472 e. The molecule has 31 heteroatoms. The van der Waals surface area contributed by atoms with Crippen molar-refractivity contribution in [2.75, 3.05) is 18.5 Å². The number of nitrogens with two attached hydrogens (primary N) is 1. The molecule has 0 radical (unpaired) electrons. The number of aromatic amines is 1. The molecule has 0 bridgehead atoms. The molecule has 0 aliphatic carbocycles. The number of carbonyl (C=O) groups is 2. The van der Waals surface area contributed by atoms with Gasteiger partial charge in [0.05, 0.1) is 43.5 Å². The third-order valence-corrected chi connectivity index (χ3v) is 16.9. The van der Waals surface area contributed by atoms with E-state index in [1.807, 2.05) is 0 Å². The predicted octanol–water partition coefficient (Wildman–Crippen LogP) is 3.71. The van der Waals surface area contributed by atoms with Gasteiger partial charge in [-0.1, -0.05) is 19.9 Å². The highest BCUT2D eigenvalue weighted by atomic mass is 32.7. The lowest BCUT2D eigenvalue weighted by atomic mass is 9.82. The number of H-pyrrole nitrogens is 1. The molecule has 5 N–H and O–H groups in total. The normalized spacial score (nSPS) is 35.7. The zero-order valence-electron chi connectivity index (χ0n) is 36.7. The number of Topliss-reactive ketones (excluding diaryl/α,β-unsaturated/α-hetero) is 1. The Balaban J connectivity index is 1.01. The van der Waals surface area contributed by atoms with Gasteiger partial charge in [0.1, 0.15) is 54.4 Å². The first-order valence-corrected chi connectivity index (χ1v) is 25.9. The molecule has 5 aliphatic heterocycles. The first-order valence-electron chi connectivity index (χ1n) is 21.3. The number of hydrogen-bond donors (Lipinski definition) is 4. The van der Waals surface area contributed by atoms with E-state index in [9.17, 15) is 34.0 Å². The number of nitro benzene ring substituents is 1. The summed E-state index contributed by atoms with van der Waals surface area (Å²) in [6, 6.07) is 3.83. The number of alkyl halides is 1. The molecule has 9 rings (SSSR count). The predicted molar refractivity (Wildman–Crippen MR) is 234 cm³/mol. The van der Waals surface area contributed by atoms with Crippen molar-refractivity contribution >= 4 is 66.8 Å². The summed E-state index contributed by atoms with van der Waals surface area (Å²) in [6.07, 6.45) is -10.3. The van der Waals surface area contributed by atoms with Gasteiger partial charge in [0.2, 0.25) is 6.29 Å². The SMILES string of the molecule is CC(=O)OC1[C@H](Oc2ccc(CSP3(=O)OC[C@H]4O[C@@H](n5cnc6c5NC=NC6N)[C@H](F)[C@@H]4OP(=O)(O)OC[C@H]4O[C@@H](n5cnc6c(=O)[nH]cnc65)C[C@@H]4O3)cc2[N+](=O)[O-])OC(C(C)=O)[C@@H](C)[C@@H]1C. The van der Waals surface area contributed by atoms with Gasteiger partial charge in [-0.2, -0.15) is 0 Å². The smallest absolute Gasteiger partial charge is 0.456 e. The van der Waals surface area contributed by atoms with Gasteiger partial charge in [0, 0.05) is 31.1 Å². The molecule has 69 heavy (non-hydrogen) atoms. The summed E-state index contributed by atoms with van der Waals surface area (Å²) in [4.78, 5) is 78.8. The minimum absolute atomic E-state index is 0.0269. The lowest BCUT2D eigenvalue weighted by Crippen LogP contribution is -2.55. The molecule has 5 aliphatic rings. The second-order valence-corrected chi connectivity index (χ2v) is 22.1. The van der Waals surface area contributed by atoms with Crippen LogP contribution < -0.4 is 21.3 Å². The highest BCUT2D eigenvalue weighted by Gasteiger charge is 2.54. The van der Waals surface area contributed by atoms with Crippen LogP contribution in [0.15, 0.2) is 47.0 Å². The first-order chi connectivity index (χ1) is 32.8.